The number of guanidine groups is 1. The largest absolute Gasteiger partial charge is 0.374 e. The molecule has 1 aromatic carbocycles. The van der Waals surface area contributed by atoms with Crippen molar-refractivity contribution in [3.63, 3.8) is 0 Å². The van der Waals surface area contributed by atoms with E-state index in [9.17, 15) is 29.1 Å². The number of aliphatic hydroxyl groups excluding tert-OH is 1. The van der Waals surface area contributed by atoms with Gasteiger partial charge in [-0.1, -0.05) is 41.9 Å². The molecule has 1 heterocycles. The fourth-order valence-electron chi connectivity index (χ4n) is 4.24. The van der Waals surface area contributed by atoms with Crippen molar-refractivity contribution in [2.45, 2.75) is 57.5 Å². The highest BCUT2D eigenvalue weighted by atomic mass is 79.9. The summed E-state index contributed by atoms with van der Waals surface area (Å²) >= 11 is 3.34. The van der Waals surface area contributed by atoms with Crippen molar-refractivity contribution in [3.8, 4) is 6.07 Å². The van der Waals surface area contributed by atoms with Crippen molar-refractivity contribution in [3.05, 3.63) is 34.3 Å². The summed E-state index contributed by atoms with van der Waals surface area (Å²) in [6.45, 7) is 2.53. The van der Waals surface area contributed by atoms with Gasteiger partial charge in [-0.3, -0.25) is 24.7 Å². The summed E-state index contributed by atoms with van der Waals surface area (Å²) in [5.74, 6) is -2.92. The lowest BCUT2D eigenvalue weighted by atomic mass is 10.0. The lowest BCUT2D eigenvalue weighted by Gasteiger charge is -2.32. The maximum absolute atomic E-state index is 13.6. The Kier molecular flexibility index (Phi) is 12.1. The van der Waals surface area contributed by atoms with E-state index in [-0.39, 0.29) is 37.8 Å². The molecule has 5 atom stereocenters. The van der Waals surface area contributed by atoms with Crippen LogP contribution in [0.5, 0.6) is 0 Å². The third kappa shape index (κ3) is 8.75. The van der Waals surface area contributed by atoms with E-state index in [1.165, 1.54) is 4.90 Å². The number of Topliss-reactive ketones (excluding diaryl/α,β-unsaturated/α-hetero) is 1. The molecular weight excluding hydrogens is 561 g/mol. The van der Waals surface area contributed by atoms with Crippen LogP contribution in [0, 0.1) is 23.2 Å². The molecule has 1 aliphatic rings. The van der Waals surface area contributed by atoms with Crippen LogP contribution in [0.3, 0.4) is 0 Å². The number of carbonyl (C=O) groups is 3. The average Bonchev–Trinajstić information content (AvgIpc) is 3.33. The first-order valence-corrected chi connectivity index (χ1v) is 13.1. The van der Waals surface area contributed by atoms with Crippen molar-refractivity contribution in [1.29, 1.82) is 5.26 Å². The molecule has 7 N–H and O–H groups in total. The number of nitriles is 1. The molecule has 13 heteroatoms. The number of benzene rings is 1. The molecule has 0 saturated carbocycles. The fraction of sp³-hybridized carbons (Fsp3) is 0.560. The summed E-state index contributed by atoms with van der Waals surface area (Å²) in [6, 6.07) is 6.00. The first-order chi connectivity index (χ1) is 18.0. The molecule has 1 aliphatic heterocycles. The molecule has 38 heavy (non-hydrogen) atoms. The Bertz CT molecular complexity index is 1040. The molecule has 0 radical (unpaired) electrons. The van der Waals surface area contributed by atoms with E-state index < -0.39 is 54.5 Å². The number of hydrogen-bond donors (Lipinski definition) is 5. The monoisotopic (exact) mass is 595 g/mol. The van der Waals surface area contributed by atoms with Gasteiger partial charge in [-0.15, -0.1) is 0 Å². The molecule has 0 spiro atoms. The number of ketones is 1. The number of alkyl halides is 1. The Morgan fingerprint density at radius 3 is 2.50 bits per heavy atom. The number of nitrogens with zero attached hydrogens (tertiary/aromatic N) is 3. The van der Waals surface area contributed by atoms with E-state index in [1.54, 1.807) is 38.1 Å². The molecular formula is C25H35BrFN7O4. The zero-order valence-electron chi connectivity index (χ0n) is 21.4. The smallest absolute Gasteiger partial charge is 0.243 e. The van der Waals surface area contributed by atoms with Gasteiger partial charge in [0.25, 0.3) is 0 Å². The van der Waals surface area contributed by atoms with Gasteiger partial charge in [0.2, 0.25) is 11.8 Å². The van der Waals surface area contributed by atoms with Gasteiger partial charge in [0, 0.05) is 17.6 Å². The van der Waals surface area contributed by atoms with E-state index >= 15 is 0 Å². The quantitative estimate of drug-likeness (QED) is 0.0961. The third-order valence-electron chi connectivity index (χ3n) is 6.31. The van der Waals surface area contributed by atoms with E-state index in [0.717, 1.165) is 4.47 Å². The second-order valence-electron chi connectivity index (χ2n) is 9.52. The average molecular weight is 597 g/mol. The Morgan fingerprint density at radius 1 is 1.29 bits per heavy atom. The van der Waals surface area contributed by atoms with Crippen LogP contribution < -0.4 is 22.1 Å². The van der Waals surface area contributed by atoms with Crippen molar-refractivity contribution in [2.75, 3.05) is 19.8 Å². The number of nitrogens with one attached hydrogen (secondary N) is 2. The highest BCUT2D eigenvalue weighted by molar-refractivity contribution is 9.10. The molecule has 1 unspecified atom stereocenters. The van der Waals surface area contributed by atoms with Gasteiger partial charge in [-0.25, -0.2) is 4.39 Å². The zero-order valence-corrected chi connectivity index (χ0v) is 23.0. The SMILES string of the molecule is CC(C)[C@H](NC(O)c1ccc(Br)cc1)C(=O)N1C[C@H](C#N)C[C@H]1C(=O)N[C@@H](CCCN=C(N)N)C(=O)CF. The minimum absolute atomic E-state index is 0.0128. The van der Waals surface area contributed by atoms with Crippen molar-refractivity contribution < 1.29 is 23.9 Å². The summed E-state index contributed by atoms with van der Waals surface area (Å²) in [7, 11) is 0. The summed E-state index contributed by atoms with van der Waals surface area (Å²) in [4.78, 5) is 44.1. The second kappa shape index (κ2) is 14.8. The molecule has 1 aromatic rings. The second-order valence-corrected chi connectivity index (χ2v) is 10.4. The number of carbonyl (C=O) groups excluding carboxylic acids is 3. The van der Waals surface area contributed by atoms with Crippen molar-refractivity contribution >= 4 is 39.5 Å². The normalized spacial score (nSPS) is 19.3. The zero-order chi connectivity index (χ0) is 28.4. The van der Waals surface area contributed by atoms with Crippen LogP contribution in [0.15, 0.2) is 33.7 Å². The summed E-state index contributed by atoms with van der Waals surface area (Å²) in [5, 5.41) is 25.7. The van der Waals surface area contributed by atoms with Crippen LogP contribution in [0.1, 0.15) is 44.9 Å². The van der Waals surface area contributed by atoms with Gasteiger partial charge in [0.1, 0.15) is 18.9 Å². The Morgan fingerprint density at radius 2 is 1.95 bits per heavy atom. The van der Waals surface area contributed by atoms with Crippen molar-refractivity contribution in [2.24, 2.45) is 28.3 Å². The van der Waals surface area contributed by atoms with Gasteiger partial charge < -0.3 is 26.8 Å². The molecule has 0 aromatic heterocycles. The molecule has 1 fully saturated rings. The van der Waals surface area contributed by atoms with Crippen LogP contribution in [0.4, 0.5) is 4.39 Å². The molecule has 1 saturated heterocycles. The van der Waals surface area contributed by atoms with Gasteiger partial charge >= 0.3 is 0 Å². The number of likely N-dealkylation sites (tertiary alicyclic amines) is 1. The molecule has 208 valence electrons. The number of amides is 2. The molecule has 11 nitrogen and oxygen atoms in total. The minimum Gasteiger partial charge on any atom is -0.374 e. The van der Waals surface area contributed by atoms with Gasteiger partial charge in [0.05, 0.1) is 24.1 Å². The number of halogens is 2. The third-order valence-corrected chi connectivity index (χ3v) is 6.84. The standard InChI is InChI=1S/C25H35BrFN7O4/c1-14(2)21(33-22(36)16-5-7-17(26)8-6-16)24(38)34-13-15(12-28)10-19(34)23(37)32-18(20(35)11-27)4-3-9-31-25(29)30/h5-8,14-15,18-19,21-22,33,36H,3-4,9-11,13H2,1-2H3,(H,32,37)(H4,29,30,31)/t15-,18-,19-,21-,22?/m0/s1. The van der Waals surface area contributed by atoms with Gasteiger partial charge in [0.15, 0.2) is 11.7 Å². The number of hydrogen-bond acceptors (Lipinski definition) is 7. The van der Waals surface area contributed by atoms with E-state index in [2.05, 4.69) is 37.6 Å². The summed E-state index contributed by atoms with van der Waals surface area (Å²) < 4.78 is 14.0. The molecule has 2 rings (SSSR count). The summed E-state index contributed by atoms with van der Waals surface area (Å²) in [6.07, 6.45) is -0.671. The van der Waals surface area contributed by atoms with Crippen molar-refractivity contribution in [1.82, 2.24) is 15.5 Å². The number of aliphatic hydroxyl groups is 1. The van der Waals surface area contributed by atoms with Crippen LogP contribution in [-0.2, 0) is 14.4 Å². The predicted molar refractivity (Wildman–Crippen MR) is 143 cm³/mol. The molecule has 0 bridgehead atoms. The van der Waals surface area contributed by atoms with Crippen LogP contribution in [-0.4, -0.2) is 71.5 Å². The molecule has 0 aliphatic carbocycles. The lowest BCUT2D eigenvalue weighted by molar-refractivity contribution is -0.142. The fourth-order valence-corrected chi connectivity index (χ4v) is 4.50. The molecule has 2 amide bonds. The van der Waals surface area contributed by atoms with Crippen LogP contribution in [0.2, 0.25) is 0 Å². The van der Waals surface area contributed by atoms with Crippen LogP contribution in [0.25, 0.3) is 0 Å². The number of nitrogens with two attached hydrogens (primary N) is 2. The first kappa shape index (κ1) is 31.1. The van der Waals surface area contributed by atoms with Gasteiger partial charge in [-0.05, 0) is 42.9 Å². The van der Waals surface area contributed by atoms with E-state index in [1.807, 2.05) is 0 Å². The lowest BCUT2D eigenvalue weighted by Crippen LogP contribution is -2.56. The number of aliphatic imine (C=N–C) groups is 1. The Balaban J connectivity index is 2.19. The maximum Gasteiger partial charge on any atom is 0.243 e. The topological polar surface area (TPSA) is 187 Å². The van der Waals surface area contributed by atoms with E-state index in [4.69, 9.17) is 11.5 Å². The first-order valence-electron chi connectivity index (χ1n) is 12.3. The van der Waals surface area contributed by atoms with Gasteiger partial charge in [-0.2, -0.15) is 5.26 Å². The summed E-state index contributed by atoms with van der Waals surface area (Å²) in [5.41, 5.74) is 11.1. The highest BCUT2D eigenvalue weighted by Gasteiger charge is 2.43. The minimum atomic E-state index is -1.27. The Labute approximate surface area is 229 Å². The number of rotatable bonds is 13. The van der Waals surface area contributed by atoms with E-state index in [0.29, 0.717) is 12.0 Å². The predicted octanol–water partition coefficient (Wildman–Crippen LogP) is 0.872. The highest BCUT2D eigenvalue weighted by Crippen LogP contribution is 2.26. The van der Waals surface area contributed by atoms with Crippen LogP contribution >= 0.6 is 15.9 Å². The Hall–Kier alpha value is -3.08. The maximum atomic E-state index is 13.6.